The van der Waals surface area contributed by atoms with E-state index in [1.807, 2.05) is 13.0 Å². The predicted octanol–water partition coefficient (Wildman–Crippen LogP) is 0.844. The van der Waals surface area contributed by atoms with E-state index in [2.05, 4.69) is 25.6 Å². The minimum absolute atomic E-state index is 0.0412. The van der Waals surface area contributed by atoms with Gasteiger partial charge >= 0.3 is 18.1 Å². The van der Waals surface area contributed by atoms with E-state index < -0.39 is 11.9 Å². The van der Waals surface area contributed by atoms with Crippen LogP contribution in [0, 0.1) is 40.4 Å². The van der Waals surface area contributed by atoms with Gasteiger partial charge in [0, 0.05) is 18.9 Å². The lowest BCUT2D eigenvalue weighted by atomic mass is 10.0. The molecule has 1 heterocycles. The first-order chi connectivity index (χ1) is 18.2. The van der Waals surface area contributed by atoms with Crippen LogP contribution < -0.4 is 5.32 Å². The Morgan fingerprint density at radius 2 is 1.47 bits per heavy atom. The quantitative estimate of drug-likeness (QED) is 0.183. The number of hydrogen-bond acceptors (Lipinski definition) is 13. The highest BCUT2D eigenvalue weighted by Gasteiger charge is 2.21. The summed E-state index contributed by atoms with van der Waals surface area (Å²) in [6, 6.07) is 3.93. The summed E-state index contributed by atoms with van der Waals surface area (Å²) in [5, 5.41) is 19.8. The second kappa shape index (κ2) is 28.9. The lowest BCUT2D eigenvalue weighted by Crippen LogP contribution is -2.15. The van der Waals surface area contributed by atoms with Crippen molar-refractivity contribution in [2.24, 2.45) is 17.8 Å². The van der Waals surface area contributed by atoms with E-state index in [1.54, 1.807) is 13.8 Å². The van der Waals surface area contributed by atoms with Gasteiger partial charge in [-0.3, -0.25) is 24.0 Å². The van der Waals surface area contributed by atoms with E-state index in [-0.39, 0.29) is 62.4 Å². The fourth-order valence-electron chi connectivity index (χ4n) is 2.66. The van der Waals surface area contributed by atoms with E-state index in [0.29, 0.717) is 32.7 Å². The average molecular weight is 542 g/mol. The second-order valence-corrected chi connectivity index (χ2v) is 7.28. The van der Waals surface area contributed by atoms with Crippen molar-refractivity contribution in [3.63, 3.8) is 0 Å². The van der Waals surface area contributed by atoms with Gasteiger partial charge in [-0.05, 0) is 20.3 Å². The van der Waals surface area contributed by atoms with Crippen molar-refractivity contribution in [3.8, 4) is 12.1 Å². The normalized spacial score (nSPS) is 14.0. The molecule has 0 aromatic rings. The Hall–Kier alpha value is -4.29. The first kappa shape index (κ1) is 38.2. The number of amides is 1. The Morgan fingerprint density at radius 3 is 1.84 bits per heavy atom. The third-order valence-electron chi connectivity index (χ3n) is 4.27. The predicted molar refractivity (Wildman–Crippen MR) is 126 cm³/mol. The van der Waals surface area contributed by atoms with Crippen LogP contribution in [-0.2, 0) is 52.5 Å². The summed E-state index contributed by atoms with van der Waals surface area (Å²) in [6.45, 7) is 7.68. The van der Waals surface area contributed by atoms with Gasteiger partial charge in [0.2, 0.25) is 5.91 Å². The molecule has 0 saturated carbocycles. The van der Waals surface area contributed by atoms with Gasteiger partial charge in [0.25, 0.3) is 12.9 Å². The van der Waals surface area contributed by atoms with Crippen molar-refractivity contribution in [1.82, 2.24) is 5.32 Å². The first-order valence-electron chi connectivity index (χ1n) is 11.7. The van der Waals surface area contributed by atoms with Crippen molar-refractivity contribution in [3.05, 3.63) is 0 Å². The molecule has 0 radical (unpaired) electrons. The number of nitrogens with one attached hydrogen (secondary N) is 1. The van der Waals surface area contributed by atoms with Crippen molar-refractivity contribution in [2.45, 2.75) is 52.9 Å². The highest BCUT2D eigenvalue weighted by molar-refractivity contribution is 5.78. The zero-order valence-corrected chi connectivity index (χ0v) is 21.8. The van der Waals surface area contributed by atoms with Crippen LogP contribution >= 0.6 is 0 Å². The van der Waals surface area contributed by atoms with Gasteiger partial charge in [-0.15, -0.1) is 0 Å². The molecule has 1 aliphatic rings. The Bertz CT molecular complexity index is 799. The highest BCUT2D eigenvalue weighted by Crippen LogP contribution is 2.10. The molecule has 3 atom stereocenters. The Labute approximate surface area is 221 Å². The van der Waals surface area contributed by atoms with Crippen LogP contribution in [0.3, 0.4) is 0 Å². The minimum atomic E-state index is -0.621. The summed E-state index contributed by atoms with van der Waals surface area (Å²) < 4.78 is 18.2. The molecule has 0 bridgehead atoms. The molecule has 0 aromatic carbocycles. The molecule has 0 aliphatic carbocycles. The number of hydrogen-bond donors (Lipinski definition) is 1. The number of carbonyl (C=O) groups is 5. The van der Waals surface area contributed by atoms with Crippen LogP contribution in [0.15, 0.2) is 0 Å². The Kier molecular flexibility index (Phi) is 29.1. The number of rotatable bonds is 14. The summed E-state index contributed by atoms with van der Waals surface area (Å²) in [5.41, 5.74) is 0. The van der Waals surface area contributed by atoms with Gasteiger partial charge in [-0.25, -0.2) is 0 Å². The fourth-order valence-corrected chi connectivity index (χ4v) is 2.66. The molecule has 1 amide bonds. The van der Waals surface area contributed by atoms with E-state index in [0.717, 1.165) is 12.8 Å². The van der Waals surface area contributed by atoms with Gasteiger partial charge in [-0.2, -0.15) is 20.1 Å². The van der Waals surface area contributed by atoms with Crippen LogP contribution in [0.5, 0.6) is 0 Å². The molecule has 38 heavy (non-hydrogen) atoms. The zero-order valence-electron chi connectivity index (χ0n) is 21.8. The molecular weight excluding hydrogens is 506 g/mol. The molecule has 1 rings (SSSR count). The van der Waals surface area contributed by atoms with Crippen molar-refractivity contribution >= 4 is 36.9 Å². The summed E-state index contributed by atoms with van der Waals surface area (Å²) >= 11 is 0. The van der Waals surface area contributed by atoms with Crippen LogP contribution in [0.25, 0.3) is 0 Å². The molecule has 1 N–H and O–H groups in total. The second-order valence-electron chi connectivity index (χ2n) is 7.28. The SMILES string of the molecule is CCCC(C#N)CC(=O)OCC.CCOC(=O)C[C@@H](C#N)COC=O.O=C=O.O=COC[C@@H]1CNC(=O)C1. The van der Waals surface area contributed by atoms with Crippen LogP contribution in [0.1, 0.15) is 52.9 Å². The lowest BCUT2D eigenvalue weighted by molar-refractivity contribution is -0.191. The van der Waals surface area contributed by atoms with Crippen LogP contribution in [0.2, 0.25) is 0 Å². The molecule has 1 saturated heterocycles. The standard InChI is InChI=1S/C9H15NO2.C8H11NO4.C6H9NO3.CO2/c1-3-5-8(7-10)6-9(11)12-4-2;1-2-13-8(11)3-7(4-9)5-12-6-10;8-4-10-3-5-1-6(9)7-2-5;2-1-3/h8H,3-6H2,1-2H3;6-7H,2-3,5H2,1H3;4-5H,1-3H2,(H,7,9);/t;7-;5-;/m.00./s1. The Morgan fingerprint density at radius 1 is 0.974 bits per heavy atom. The fraction of sp³-hybridized carbons (Fsp3) is 0.667. The van der Waals surface area contributed by atoms with Crippen molar-refractivity contribution < 1.29 is 52.5 Å². The molecule has 212 valence electrons. The third kappa shape index (κ3) is 26.3. The first-order valence-corrected chi connectivity index (χ1v) is 11.7. The number of carbonyl (C=O) groups excluding carboxylic acids is 7. The molecular formula is C24H35N3O11. The summed E-state index contributed by atoms with van der Waals surface area (Å²) in [7, 11) is 0. The van der Waals surface area contributed by atoms with E-state index >= 15 is 0 Å². The Balaban J connectivity index is -0.000000461. The molecule has 0 spiro atoms. The van der Waals surface area contributed by atoms with Crippen molar-refractivity contribution in [2.75, 3.05) is 33.0 Å². The number of ether oxygens (including phenoxy) is 4. The maximum Gasteiger partial charge on any atom is 0.373 e. The van der Waals surface area contributed by atoms with Gasteiger partial charge < -0.3 is 24.3 Å². The summed E-state index contributed by atoms with van der Waals surface area (Å²) in [4.78, 5) is 68.1. The zero-order chi connectivity index (χ0) is 29.6. The van der Waals surface area contributed by atoms with Gasteiger partial charge in [-0.1, -0.05) is 13.3 Å². The summed E-state index contributed by atoms with van der Waals surface area (Å²) in [5.74, 6) is -1.29. The number of nitrogens with zero attached hydrogens (tertiary/aromatic N) is 2. The van der Waals surface area contributed by atoms with E-state index in [4.69, 9.17) is 24.8 Å². The topological polar surface area (TPSA) is 216 Å². The van der Waals surface area contributed by atoms with Crippen LogP contribution in [0.4, 0.5) is 0 Å². The maximum atomic E-state index is 10.9. The van der Waals surface area contributed by atoms with Gasteiger partial charge in [0.15, 0.2) is 0 Å². The van der Waals surface area contributed by atoms with E-state index in [9.17, 15) is 24.0 Å². The molecule has 0 aromatic heterocycles. The largest absolute Gasteiger partial charge is 0.468 e. The van der Waals surface area contributed by atoms with Crippen LogP contribution in [-0.4, -0.2) is 69.9 Å². The molecule has 14 nitrogen and oxygen atoms in total. The highest BCUT2D eigenvalue weighted by atomic mass is 16.5. The average Bonchev–Trinajstić information content (AvgIpc) is 3.31. The monoisotopic (exact) mass is 541 g/mol. The third-order valence-corrected chi connectivity index (χ3v) is 4.27. The molecule has 1 unspecified atom stereocenters. The van der Waals surface area contributed by atoms with Gasteiger partial charge in [0.1, 0.15) is 6.61 Å². The maximum absolute atomic E-state index is 10.9. The molecule has 1 aliphatic heterocycles. The molecule has 1 fully saturated rings. The smallest absolute Gasteiger partial charge is 0.373 e. The van der Waals surface area contributed by atoms with Crippen molar-refractivity contribution in [1.29, 1.82) is 10.5 Å². The summed E-state index contributed by atoms with van der Waals surface area (Å²) in [6.07, 6.45) is 2.62. The number of esters is 2. The van der Waals surface area contributed by atoms with Gasteiger partial charge in [0.05, 0.1) is 56.6 Å². The minimum Gasteiger partial charge on any atom is -0.468 e. The lowest BCUT2D eigenvalue weighted by Gasteiger charge is -2.06. The van der Waals surface area contributed by atoms with E-state index in [1.165, 1.54) is 0 Å². The molecule has 14 heteroatoms. The number of nitriles is 2.